The molecule has 1 N–H and O–H groups in total. The maximum absolute atomic E-state index is 12.3. The van der Waals surface area contributed by atoms with E-state index >= 15 is 0 Å². The molecular formula is C23H45NO3. The number of likely N-dealkylation sites (N-methyl/N-ethyl adjacent to an activating group) is 1. The summed E-state index contributed by atoms with van der Waals surface area (Å²) in [5, 5.41) is 10.2. The first kappa shape index (κ1) is 26.1. The quantitative estimate of drug-likeness (QED) is 0.161. The van der Waals surface area contributed by atoms with Crippen LogP contribution in [0.5, 0.6) is 0 Å². The van der Waals surface area contributed by atoms with Gasteiger partial charge in [-0.3, -0.25) is 9.69 Å². The Morgan fingerprint density at radius 1 is 0.963 bits per heavy atom. The first-order chi connectivity index (χ1) is 12.8. The Balaban J connectivity index is 3.95. The highest BCUT2D eigenvalue weighted by Crippen LogP contribution is 2.29. The van der Waals surface area contributed by atoms with Crippen molar-refractivity contribution in [3.63, 3.8) is 0 Å². The van der Waals surface area contributed by atoms with Crippen molar-refractivity contribution in [2.75, 3.05) is 14.1 Å². The van der Waals surface area contributed by atoms with E-state index in [-0.39, 0.29) is 11.9 Å². The maximum Gasteiger partial charge on any atom is 0.307 e. The van der Waals surface area contributed by atoms with Gasteiger partial charge in [-0.15, -0.1) is 0 Å². The summed E-state index contributed by atoms with van der Waals surface area (Å²) in [6, 6.07) is 0. The largest absolute Gasteiger partial charge is 0.441 e. The van der Waals surface area contributed by atoms with Crippen LogP contribution in [0.15, 0.2) is 12.2 Å². The number of esters is 1. The van der Waals surface area contributed by atoms with Crippen LogP contribution >= 0.6 is 0 Å². The second kappa shape index (κ2) is 15.1. The molecule has 0 amide bonds. The van der Waals surface area contributed by atoms with Gasteiger partial charge in [-0.1, -0.05) is 65.0 Å². The number of carbonyl (C=O) groups excluding carboxylic acids is 1. The Morgan fingerprint density at radius 3 is 1.93 bits per heavy atom. The minimum Gasteiger partial charge on any atom is -0.441 e. The van der Waals surface area contributed by atoms with Crippen molar-refractivity contribution < 1.29 is 14.6 Å². The minimum atomic E-state index is -0.959. The number of nitrogens with zero attached hydrogens (tertiary/aromatic N) is 1. The number of rotatable bonds is 16. The van der Waals surface area contributed by atoms with Crippen LogP contribution in [0, 0.1) is 5.92 Å². The zero-order chi connectivity index (χ0) is 20.7. The van der Waals surface area contributed by atoms with Crippen LogP contribution in [-0.2, 0) is 9.53 Å². The summed E-state index contributed by atoms with van der Waals surface area (Å²) in [6.45, 7) is 7.87. The second-order valence-electron chi connectivity index (χ2n) is 8.22. The number of hydrogen-bond acceptors (Lipinski definition) is 4. The molecule has 0 radical (unpaired) electrons. The number of aliphatic hydroxyl groups excluding tert-OH is 1. The molecule has 0 aliphatic rings. The molecule has 0 saturated heterocycles. The summed E-state index contributed by atoms with van der Waals surface area (Å²) in [7, 11) is 3.69. The lowest BCUT2D eigenvalue weighted by Crippen LogP contribution is -2.59. The average Bonchev–Trinajstić information content (AvgIpc) is 2.59. The fourth-order valence-corrected chi connectivity index (χ4v) is 3.71. The third-order valence-corrected chi connectivity index (χ3v) is 5.29. The topological polar surface area (TPSA) is 49.8 Å². The first-order valence-electron chi connectivity index (χ1n) is 11.0. The number of hydrogen-bond donors (Lipinski definition) is 1. The van der Waals surface area contributed by atoms with Crippen LogP contribution in [0.25, 0.3) is 0 Å². The first-order valence-corrected chi connectivity index (χ1v) is 11.0. The Morgan fingerprint density at radius 2 is 1.48 bits per heavy atom. The maximum atomic E-state index is 12.3. The molecule has 2 unspecified atom stereocenters. The molecule has 0 bridgehead atoms. The van der Waals surface area contributed by atoms with Crippen LogP contribution < -0.4 is 0 Å². The zero-order valence-corrected chi connectivity index (χ0v) is 18.8. The highest BCUT2D eigenvalue weighted by atomic mass is 16.6. The molecule has 4 nitrogen and oxygen atoms in total. The Hall–Kier alpha value is -0.870. The zero-order valence-electron chi connectivity index (χ0n) is 18.8. The van der Waals surface area contributed by atoms with E-state index in [1.165, 1.54) is 38.5 Å². The summed E-state index contributed by atoms with van der Waals surface area (Å²) in [4.78, 5) is 14.1. The van der Waals surface area contributed by atoms with Crippen LogP contribution in [0.4, 0.5) is 0 Å². The van der Waals surface area contributed by atoms with Crippen molar-refractivity contribution in [3.8, 4) is 0 Å². The predicted octanol–water partition coefficient (Wildman–Crippen LogP) is 5.69. The van der Waals surface area contributed by atoms with Gasteiger partial charge in [0.05, 0.1) is 0 Å². The number of ether oxygens (including phenoxy) is 1. The molecule has 0 aromatic carbocycles. The highest BCUT2D eigenvalue weighted by molar-refractivity contribution is 5.69. The van der Waals surface area contributed by atoms with E-state index in [0.29, 0.717) is 6.42 Å². The van der Waals surface area contributed by atoms with Crippen LogP contribution in [0.2, 0.25) is 0 Å². The van der Waals surface area contributed by atoms with Crippen molar-refractivity contribution in [1.82, 2.24) is 4.90 Å². The summed E-state index contributed by atoms with van der Waals surface area (Å²) < 4.78 is 5.75. The Bertz CT molecular complexity index is 381. The van der Waals surface area contributed by atoms with Gasteiger partial charge in [0.25, 0.3) is 0 Å². The van der Waals surface area contributed by atoms with Gasteiger partial charge in [0.15, 0.2) is 5.72 Å². The molecule has 0 aliphatic heterocycles. The number of aliphatic hydroxyl groups is 1. The standard InChI is InChI=1S/C23H45NO3/c1-7-8-9-10-11-12-13-14-15-16-17-18-19-22(26)27-23(20(2)3,21(4)25)24(5)6/h12-13,20-21,25H,7-11,14-19H2,1-6H3. The molecule has 0 rings (SSSR count). The van der Waals surface area contributed by atoms with E-state index in [4.69, 9.17) is 4.74 Å². The van der Waals surface area contributed by atoms with Gasteiger partial charge < -0.3 is 9.84 Å². The molecule has 0 aromatic heterocycles. The Labute approximate surface area is 168 Å². The minimum absolute atomic E-state index is 0.00482. The van der Waals surface area contributed by atoms with E-state index in [1.54, 1.807) is 6.92 Å². The van der Waals surface area contributed by atoms with E-state index in [0.717, 1.165) is 25.7 Å². The van der Waals surface area contributed by atoms with Crippen molar-refractivity contribution >= 4 is 5.97 Å². The fourth-order valence-electron chi connectivity index (χ4n) is 3.71. The van der Waals surface area contributed by atoms with Gasteiger partial charge in [-0.2, -0.15) is 0 Å². The van der Waals surface area contributed by atoms with Gasteiger partial charge in [0.1, 0.15) is 6.10 Å². The van der Waals surface area contributed by atoms with Gasteiger partial charge in [-0.05, 0) is 53.1 Å². The number of allylic oxidation sites excluding steroid dienone is 2. The van der Waals surface area contributed by atoms with Crippen molar-refractivity contribution in [1.29, 1.82) is 0 Å². The highest BCUT2D eigenvalue weighted by Gasteiger charge is 2.44. The SMILES string of the molecule is CCCCCCC=CCCCCCCC(=O)OC(C(C)C)(C(C)O)N(C)C. The predicted molar refractivity (Wildman–Crippen MR) is 115 cm³/mol. The monoisotopic (exact) mass is 383 g/mol. The van der Waals surface area contributed by atoms with Crippen molar-refractivity contribution in [3.05, 3.63) is 12.2 Å². The normalized spacial score (nSPS) is 15.4. The van der Waals surface area contributed by atoms with Crippen LogP contribution in [-0.4, -0.2) is 41.9 Å². The average molecular weight is 384 g/mol. The second-order valence-corrected chi connectivity index (χ2v) is 8.22. The molecule has 4 heteroatoms. The molecular weight excluding hydrogens is 338 g/mol. The lowest BCUT2D eigenvalue weighted by atomic mass is 9.92. The molecule has 0 fully saturated rings. The lowest BCUT2D eigenvalue weighted by Gasteiger charge is -2.44. The van der Waals surface area contributed by atoms with Gasteiger partial charge in [0, 0.05) is 12.3 Å². The molecule has 0 aliphatic carbocycles. The van der Waals surface area contributed by atoms with E-state index in [1.807, 2.05) is 32.8 Å². The van der Waals surface area contributed by atoms with Crippen LogP contribution in [0.3, 0.4) is 0 Å². The summed E-state index contributed by atoms with van der Waals surface area (Å²) in [5.41, 5.74) is -0.959. The molecule has 160 valence electrons. The Kier molecular flexibility index (Phi) is 14.6. The molecule has 2 atom stereocenters. The molecule has 27 heavy (non-hydrogen) atoms. The van der Waals surface area contributed by atoms with Crippen LogP contribution in [0.1, 0.15) is 98.3 Å². The van der Waals surface area contributed by atoms with Gasteiger partial charge >= 0.3 is 5.97 Å². The summed E-state index contributed by atoms with van der Waals surface area (Å²) >= 11 is 0. The van der Waals surface area contributed by atoms with Gasteiger partial charge in [-0.25, -0.2) is 0 Å². The smallest absolute Gasteiger partial charge is 0.307 e. The summed E-state index contributed by atoms with van der Waals surface area (Å²) in [5.74, 6) is -0.213. The van der Waals surface area contributed by atoms with E-state index < -0.39 is 11.8 Å². The van der Waals surface area contributed by atoms with E-state index in [2.05, 4.69) is 19.1 Å². The van der Waals surface area contributed by atoms with Gasteiger partial charge in [0.2, 0.25) is 0 Å². The van der Waals surface area contributed by atoms with Crippen molar-refractivity contribution in [2.45, 2.75) is 110 Å². The lowest BCUT2D eigenvalue weighted by molar-refractivity contribution is -0.220. The van der Waals surface area contributed by atoms with Crippen molar-refractivity contribution in [2.24, 2.45) is 5.92 Å². The number of unbranched alkanes of at least 4 members (excludes halogenated alkanes) is 8. The third kappa shape index (κ3) is 10.3. The molecule has 0 heterocycles. The fraction of sp³-hybridized carbons (Fsp3) is 0.870. The molecule has 0 spiro atoms. The third-order valence-electron chi connectivity index (χ3n) is 5.29. The van der Waals surface area contributed by atoms with E-state index in [9.17, 15) is 9.90 Å². The molecule has 0 aromatic rings. The number of carbonyl (C=O) groups is 1. The molecule has 0 saturated carbocycles. The summed E-state index contributed by atoms with van der Waals surface area (Å²) in [6.07, 6.45) is 16.2.